The standard InChI is InChI=1S/C10H18N4/c1-2-11-5-3-6-12-9-10-13-7-4-8-14-10/h4,7-8,11-12H,2-3,5-6,9H2,1H3. The van der Waals surface area contributed by atoms with Gasteiger partial charge in [0.15, 0.2) is 0 Å². The largest absolute Gasteiger partial charge is 0.317 e. The molecule has 0 saturated carbocycles. The minimum absolute atomic E-state index is 0.757. The Hall–Kier alpha value is -1.00. The molecule has 78 valence electrons. The third kappa shape index (κ3) is 4.89. The Morgan fingerprint density at radius 1 is 1.14 bits per heavy atom. The third-order valence-electron chi connectivity index (χ3n) is 1.86. The molecule has 4 nitrogen and oxygen atoms in total. The van der Waals surface area contributed by atoms with E-state index < -0.39 is 0 Å². The predicted octanol–water partition coefficient (Wildman–Crippen LogP) is 0.566. The molecule has 1 aromatic rings. The van der Waals surface area contributed by atoms with Crippen molar-refractivity contribution in [3.8, 4) is 0 Å². The van der Waals surface area contributed by atoms with Crippen molar-refractivity contribution in [2.45, 2.75) is 19.9 Å². The third-order valence-corrected chi connectivity index (χ3v) is 1.86. The molecule has 0 fully saturated rings. The van der Waals surface area contributed by atoms with E-state index in [1.165, 1.54) is 0 Å². The van der Waals surface area contributed by atoms with Gasteiger partial charge in [0.25, 0.3) is 0 Å². The van der Waals surface area contributed by atoms with Gasteiger partial charge in [0.05, 0.1) is 6.54 Å². The van der Waals surface area contributed by atoms with Gasteiger partial charge >= 0.3 is 0 Å². The van der Waals surface area contributed by atoms with Crippen molar-refractivity contribution in [1.29, 1.82) is 0 Å². The van der Waals surface area contributed by atoms with E-state index in [0.29, 0.717) is 0 Å². The van der Waals surface area contributed by atoms with E-state index in [4.69, 9.17) is 0 Å². The summed E-state index contributed by atoms with van der Waals surface area (Å²) in [6, 6.07) is 1.83. The average molecular weight is 194 g/mol. The van der Waals surface area contributed by atoms with Gasteiger partial charge in [0, 0.05) is 12.4 Å². The van der Waals surface area contributed by atoms with Crippen molar-refractivity contribution < 1.29 is 0 Å². The first-order valence-corrected chi connectivity index (χ1v) is 5.11. The molecule has 1 rings (SSSR count). The molecule has 0 aromatic carbocycles. The molecule has 0 aliphatic rings. The van der Waals surface area contributed by atoms with Gasteiger partial charge in [-0.15, -0.1) is 0 Å². The maximum absolute atomic E-state index is 4.12. The maximum Gasteiger partial charge on any atom is 0.141 e. The van der Waals surface area contributed by atoms with Crippen molar-refractivity contribution in [1.82, 2.24) is 20.6 Å². The molecular formula is C10H18N4. The highest BCUT2D eigenvalue weighted by molar-refractivity contribution is 4.87. The van der Waals surface area contributed by atoms with Gasteiger partial charge in [-0.1, -0.05) is 6.92 Å². The molecule has 14 heavy (non-hydrogen) atoms. The first-order valence-electron chi connectivity index (χ1n) is 5.11. The van der Waals surface area contributed by atoms with Gasteiger partial charge in [0.2, 0.25) is 0 Å². The van der Waals surface area contributed by atoms with Crippen molar-refractivity contribution in [2.75, 3.05) is 19.6 Å². The lowest BCUT2D eigenvalue weighted by Gasteiger charge is -2.03. The molecule has 1 heterocycles. The number of nitrogens with zero attached hydrogens (tertiary/aromatic N) is 2. The van der Waals surface area contributed by atoms with Crippen molar-refractivity contribution in [3.05, 3.63) is 24.3 Å². The molecule has 0 bridgehead atoms. The molecule has 0 unspecified atom stereocenters. The summed E-state index contributed by atoms with van der Waals surface area (Å²) in [4.78, 5) is 8.25. The summed E-state index contributed by atoms with van der Waals surface area (Å²) in [6.45, 7) is 5.99. The van der Waals surface area contributed by atoms with Crippen LogP contribution < -0.4 is 10.6 Å². The smallest absolute Gasteiger partial charge is 0.141 e. The average Bonchev–Trinajstić information content (AvgIpc) is 2.25. The van der Waals surface area contributed by atoms with Crippen LogP contribution in [-0.2, 0) is 6.54 Å². The van der Waals surface area contributed by atoms with Crippen LogP contribution >= 0.6 is 0 Å². The Kier molecular flexibility index (Phi) is 5.86. The monoisotopic (exact) mass is 194 g/mol. The number of hydrogen-bond donors (Lipinski definition) is 2. The van der Waals surface area contributed by atoms with E-state index in [1.807, 2.05) is 6.07 Å². The Labute approximate surface area is 85.2 Å². The minimum Gasteiger partial charge on any atom is -0.317 e. The summed E-state index contributed by atoms with van der Waals surface area (Å²) >= 11 is 0. The van der Waals surface area contributed by atoms with E-state index in [-0.39, 0.29) is 0 Å². The van der Waals surface area contributed by atoms with Crippen molar-refractivity contribution in [2.24, 2.45) is 0 Å². The highest BCUT2D eigenvalue weighted by atomic mass is 15.0. The number of nitrogens with one attached hydrogen (secondary N) is 2. The fourth-order valence-corrected chi connectivity index (χ4v) is 1.14. The lowest BCUT2D eigenvalue weighted by molar-refractivity contribution is 0.595. The van der Waals surface area contributed by atoms with Crippen LogP contribution in [0, 0.1) is 0 Å². The van der Waals surface area contributed by atoms with Crippen LogP contribution in [0.5, 0.6) is 0 Å². The molecule has 0 aliphatic carbocycles. The van der Waals surface area contributed by atoms with Gasteiger partial charge in [-0.3, -0.25) is 0 Å². The lowest BCUT2D eigenvalue weighted by atomic mass is 10.4. The van der Waals surface area contributed by atoms with Gasteiger partial charge in [-0.05, 0) is 32.1 Å². The van der Waals surface area contributed by atoms with E-state index in [1.54, 1.807) is 12.4 Å². The quantitative estimate of drug-likeness (QED) is 0.623. The molecule has 4 heteroatoms. The Morgan fingerprint density at radius 2 is 1.86 bits per heavy atom. The molecule has 2 N–H and O–H groups in total. The molecule has 0 amide bonds. The molecule has 0 atom stereocenters. The van der Waals surface area contributed by atoms with Crippen LogP contribution in [0.4, 0.5) is 0 Å². The van der Waals surface area contributed by atoms with E-state index >= 15 is 0 Å². The van der Waals surface area contributed by atoms with Gasteiger partial charge in [-0.25, -0.2) is 9.97 Å². The minimum atomic E-state index is 0.757. The summed E-state index contributed by atoms with van der Waals surface area (Å²) in [6.07, 6.45) is 4.67. The molecule has 0 spiro atoms. The molecule has 0 radical (unpaired) electrons. The zero-order chi connectivity index (χ0) is 10.1. The van der Waals surface area contributed by atoms with E-state index in [0.717, 1.165) is 38.4 Å². The number of rotatable bonds is 7. The van der Waals surface area contributed by atoms with E-state index in [9.17, 15) is 0 Å². The lowest BCUT2D eigenvalue weighted by Crippen LogP contribution is -2.22. The van der Waals surface area contributed by atoms with Crippen LogP contribution in [0.3, 0.4) is 0 Å². The number of aromatic nitrogens is 2. The maximum atomic E-state index is 4.12. The van der Waals surface area contributed by atoms with Crippen LogP contribution in [-0.4, -0.2) is 29.6 Å². The number of hydrogen-bond acceptors (Lipinski definition) is 4. The predicted molar refractivity (Wildman–Crippen MR) is 56.9 cm³/mol. The van der Waals surface area contributed by atoms with Crippen LogP contribution in [0.2, 0.25) is 0 Å². The highest BCUT2D eigenvalue weighted by Gasteiger charge is 1.92. The molecule has 1 aromatic heterocycles. The SMILES string of the molecule is CCNCCCNCc1ncccn1. The van der Waals surface area contributed by atoms with Crippen LogP contribution in [0.1, 0.15) is 19.2 Å². The van der Waals surface area contributed by atoms with Gasteiger partial charge in [-0.2, -0.15) is 0 Å². The van der Waals surface area contributed by atoms with Crippen molar-refractivity contribution >= 4 is 0 Å². The topological polar surface area (TPSA) is 49.8 Å². The Balaban J connectivity index is 1.99. The van der Waals surface area contributed by atoms with E-state index in [2.05, 4.69) is 27.5 Å². The summed E-state index contributed by atoms with van der Waals surface area (Å²) in [7, 11) is 0. The highest BCUT2D eigenvalue weighted by Crippen LogP contribution is 1.85. The summed E-state index contributed by atoms with van der Waals surface area (Å²) in [5.41, 5.74) is 0. The fraction of sp³-hybridized carbons (Fsp3) is 0.600. The normalized spacial score (nSPS) is 10.4. The second-order valence-electron chi connectivity index (χ2n) is 3.05. The summed E-state index contributed by atoms with van der Waals surface area (Å²) in [5, 5.41) is 6.57. The Morgan fingerprint density at radius 3 is 2.57 bits per heavy atom. The summed E-state index contributed by atoms with van der Waals surface area (Å²) < 4.78 is 0. The molecule has 0 aliphatic heterocycles. The zero-order valence-corrected chi connectivity index (χ0v) is 8.66. The van der Waals surface area contributed by atoms with Gasteiger partial charge in [0.1, 0.15) is 5.82 Å². The first-order chi connectivity index (χ1) is 6.93. The summed E-state index contributed by atoms with van der Waals surface area (Å²) in [5.74, 6) is 0.857. The van der Waals surface area contributed by atoms with Crippen molar-refractivity contribution in [3.63, 3.8) is 0 Å². The molecular weight excluding hydrogens is 176 g/mol. The second-order valence-corrected chi connectivity index (χ2v) is 3.05. The zero-order valence-electron chi connectivity index (χ0n) is 8.66. The Bertz CT molecular complexity index is 225. The van der Waals surface area contributed by atoms with Gasteiger partial charge < -0.3 is 10.6 Å². The molecule has 0 saturated heterocycles. The fourth-order valence-electron chi connectivity index (χ4n) is 1.14. The second kappa shape index (κ2) is 7.41. The van der Waals surface area contributed by atoms with Crippen LogP contribution in [0.15, 0.2) is 18.5 Å². The van der Waals surface area contributed by atoms with Crippen LogP contribution in [0.25, 0.3) is 0 Å². The first kappa shape index (κ1) is 11.1.